The van der Waals surface area contributed by atoms with E-state index in [2.05, 4.69) is 40.1 Å². The fraction of sp³-hybridized carbons (Fsp3) is 0.632. The molecule has 1 spiro atoms. The monoisotopic (exact) mass is 345 g/mol. The van der Waals surface area contributed by atoms with Crippen molar-refractivity contribution in [3.8, 4) is 0 Å². The Balaban J connectivity index is 1.37. The average Bonchev–Trinajstić information content (AvgIpc) is 3.24. The molecule has 0 amide bonds. The zero-order valence-corrected chi connectivity index (χ0v) is 15.6. The largest absolute Gasteiger partial charge is 0.465 e. The summed E-state index contributed by atoms with van der Waals surface area (Å²) >= 11 is 1.78. The van der Waals surface area contributed by atoms with E-state index in [-0.39, 0.29) is 0 Å². The number of piperidine rings is 1. The molecule has 0 aromatic carbocycles. The van der Waals surface area contributed by atoms with Crippen molar-refractivity contribution >= 4 is 11.3 Å². The fourth-order valence-corrected chi connectivity index (χ4v) is 5.07. The number of thiazole rings is 1. The van der Waals surface area contributed by atoms with E-state index in [1.165, 1.54) is 56.0 Å². The van der Waals surface area contributed by atoms with Crippen LogP contribution in [0.15, 0.2) is 22.1 Å². The van der Waals surface area contributed by atoms with Crippen molar-refractivity contribution in [1.29, 1.82) is 0 Å². The Bertz CT molecular complexity index is 661. The first-order valence-electron chi connectivity index (χ1n) is 9.01. The minimum Gasteiger partial charge on any atom is -0.465 e. The maximum Gasteiger partial charge on any atom is 0.118 e. The highest BCUT2D eigenvalue weighted by molar-refractivity contribution is 7.09. The van der Waals surface area contributed by atoms with E-state index < -0.39 is 0 Å². The van der Waals surface area contributed by atoms with Crippen molar-refractivity contribution in [2.75, 3.05) is 26.2 Å². The van der Waals surface area contributed by atoms with Gasteiger partial charge in [0, 0.05) is 24.7 Å². The number of aryl methyl sites for hydroxylation is 2. The van der Waals surface area contributed by atoms with Gasteiger partial charge in [-0.15, -0.1) is 11.3 Å². The Morgan fingerprint density at radius 3 is 2.71 bits per heavy atom. The quantitative estimate of drug-likeness (QED) is 0.843. The minimum absolute atomic E-state index is 0.478. The van der Waals surface area contributed by atoms with E-state index in [1.807, 2.05) is 6.20 Å². The highest BCUT2D eigenvalue weighted by atomic mass is 32.1. The summed E-state index contributed by atoms with van der Waals surface area (Å²) in [6, 6.07) is 2.20. The van der Waals surface area contributed by atoms with Crippen molar-refractivity contribution in [1.82, 2.24) is 14.8 Å². The van der Waals surface area contributed by atoms with Crippen LogP contribution in [-0.2, 0) is 13.1 Å². The molecule has 2 aromatic heterocycles. The molecule has 2 aliphatic heterocycles. The lowest BCUT2D eigenvalue weighted by atomic mass is 9.79. The van der Waals surface area contributed by atoms with E-state index in [0.29, 0.717) is 5.41 Å². The van der Waals surface area contributed by atoms with Crippen molar-refractivity contribution in [3.63, 3.8) is 0 Å². The third-order valence-electron chi connectivity index (χ3n) is 5.70. The first-order valence-corrected chi connectivity index (χ1v) is 9.89. The molecule has 0 saturated carbocycles. The lowest BCUT2D eigenvalue weighted by molar-refractivity contribution is 0.0857. The van der Waals surface area contributed by atoms with Crippen LogP contribution in [0.25, 0.3) is 0 Å². The maximum absolute atomic E-state index is 5.88. The second-order valence-corrected chi connectivity index (χ2v) is 8.63. The number of rotatable bonds is 4. The Morgan fingerprint density at radius 1 is 1.17 bits per heavy atom. The fourth-order valence-electron chi connectivity index (χ4n) is 4.41. The molecule has 1 atom stereocenters. The van der Waals surface area contributed by atoms with Crippen molar-refractivity contribution in [2.24, 2.45) is 5.41 Å². The zero-order valence-electron chi connectivity index (χ0n) is 14.8. The van der Waals surface area contributed by atoms with Gasteiger partial charge in [-0.3, -0.25) is 9.80 Å². The highest BCUT2D eigenvalue weighted by Gasteiger charge is 2.41. The maximum atomic E-state index is 5.88. The van der Waals surface area contributed by atoms with Gasteiger partial charge in [0.25, 0.3) is 0 Å². The summed E-state index contributed by atoms with van der Waals surface area (Å²) in [5, 5.41) is 3.34. The van der Waals surface area contributed by atoms with E-state index in [9.17, 15) is 0 Å². The summed E-state index contributed by atoms with van der Waals surface area (Å²) in [7, 11) is 0. The highest BCUT2D eigenvalue weighted by Crippen LogP contribution is 2.40. The first-order chi connectivity index (χ1) is 11.6. The molecule has 0 unspecified atom stereocenters. The third-order valence-corrected chi connectivity index (χ3v) is 6.46. The number of aromatic nitrogens is 1. The van der Waals surface area contributed by atoms with Gasteiger partial charge in [-0.1, -0.05) is 0 Å². The van der Waals surface area contributed by atoms with Gasteiger partial charge in [0.2, 0.25) is 0 Å². The Labute approximate surface area is 148 Å². The van der Waals surface area contributed by atoms with Gasteiger partial charge < -0.3 is 4.42 Å². The standard InChI is InChI=1S/C19H27N3OS/c1-15-10-17(23-16(15)2)11-22-8-5-19(14-22)4-3-7-21(13-19)12-18-20-6-9-24-18/h6,9-10H,3-5,7-8,11-14H2,1-2H3/t19-/m0/s1. The summed E-state index contributed by atoms with van der Waals surface area (Å²) < 4.78 is 5.88. The van der Waals surface area contributed by atoms with Crippen molar-refractivity contribution < 1.29 is 4.42 Å². The summed E-state index contributed by atoms with van der Waals surface area (Å²) in [5.74, 6) is 2.18. The van der Waals surface area contributed by atoms with E-state index in [1.54, 1.807) is 11.3 Å². The smallest absolute Gasteiger partial charge is 0.118 e. The van der Waals surface area contributed by atoms with Gasteiger partial charge in [0.15, 0.2) is 0 Å². The van der Waals surface area contributed by atoms with Gasteiger partial charge in [-0.05, 0) is 63.2 Å². The van der Waals surface area contributed by atoms with E-state index >= 15 is 0 Å². The molecule has 2 aliphatic rings. The number of nitrogens with zero attached hydrogens (tertiary/aromatic N) is 3. The zero-order chi connectivity index (χ0) is 16.6. The van der Waals surface area contributed by atoms with Crippen LogP contribution >= 0.6 is 11.3 Å². The normalized spacial score (nSPS) is 25.8. The molecular weight excluding hydrogens is 318 g/mol. The van der Waals surface area contributed by atoms with Crippen LogP contribution in [0.1, 0.15) is 41.4 Å². The van der Waals surface area contributed by atoms with Gasteiger partial charge in [-0.25, -0.2) is 4.98 Å². The minimum atomic E-state index is 0.478. The lowest BCUT2D eigenvalue weighted by Gasteiger charge is -2.40. The van der Waals surface area contributed by atoms with Gasteiger partial charge >= 0.3 is 0 Å². The molecule has 0 radical (unpaired) electrons. The molecular formula is C19H27N3OS. The summed E-state index contributed by atoms with van der Waals surface area (Å²) in [6.07, 6.45) is 5.93. The molecule has 4 heterocycles. The van der Waals surface area contributed by atoms with Crippen molar-refractivity contribution in [2.45, 2.75) is 46.2 Å². The Hall–Kier alpha value is -1.17. The van der Waals surface area contributed by atoms with Crippen LogP contribution in [0.4, 0.5) is 0 Å². The van der Waals surface area contributed by atoms with Gasteiger partial charge in [-0.2, -0.15) is 0 Å². The predicted octanol–water partition coefficient (Wildman–Crippen LogP) is 3.84. The van der Waals surface area contributed by atoms with Crippen molar-refractivity contribution in [3.05, 3.63) is 39.7 Å². The second-order valence-electron chi connectivity index (χ2n) is 7.65. The third kappa shape index (κ3) is 3.44. The summed E-state index contributed by atoms with van der Waals surface area (Å²) in [6.45, 7) is 11.0. The molecule has 4 nitrogen and oxygen atoms in total. The molecule has 24 heavy (non-hydrogen) atoms. The molecule has 2 aromatic rings. The first kappa shape index (κ1) is 16.3. The second kappa shape index (κ2) is 6.62. The number of likely N-dealkylation sites (tertiary alicyclic amines) is 2. The molecule has 130 valence electrons. The van der Waals surface area contributed by atoms with Gasteiger partial charge in [0.05, 0.1) is 13.1 Å². The number of hydrogen-bond donors (Lipinski definition) is 0. The van der Waals surface area contributed by atoms with Crippen LogP contribution < -0.4 is 0 Å². The van der Waals surface area contributed by atoms with Crippen LogP contribution in [0.5, 0.6) is 0 Å². The molecule has 2 saturated heterocycles. The summed E-state index contributed by atoms with van der Waals surface area (Å²) in [5.41, 5.74) is 1.75. The topological polar surface area (TPSA) is 32.5 Å². The van der Waals surface area contributed by atoms with Crippen LogP contribution in [0.2, 0.25) is 0 Å². The molecule has 0 N–H and O–H groups in total. The Morgan fingerprint density at radius 2 is 2.00 bits per heavy atom. The van der Waals surface area contributed by atoms with Crippen LogP contribution in [0, 0.1) is 19.3 Å². The van der Waals surface area contributed by atoms with E-state index in [4.69, 9.17) is 4.42 Å². The molecule has 0 aliphatic carbocycles. The average molecular weight is 346 g/mol. The number of hydrogen-bond acceptors (Lipinski definition) is 5. The molecule has 5 heteroatoms. The van der Waals surface area contributed by atoms with Crippen LogP contribution in [0.3, 0.4) is 0 Å². The lowest BCUT2D eigenvalue weighted by Crippen LogP contribution is -2.44. The molecule has 4 rings (SSSR count). The van der Waals surface area contributed by atoms with Crippen LogP contribution in [-0.4, -0.2) is 41.0 Å². The SMILES string of the molecule is Cc1cc(CN2CC[C@]3(CCCN(Cc4nccs4)C3)C2)oc1C. The summed E-state index contributed by atoms with van der Waals surface area (Å²) in [4.78, 5) is 9.67. The van der Waals surface area contributed by atoms with Gasteiger partial charge in [0.1, 0.15) is 16.5 Å². The van der Waals surface area contributed by atoms with E-state index in [0.717, 1.165) is 24.6 Å². The number of furan rings is 1. The Kier molecular flexibility index (Phi) is 4.50. The predicted molar refractivity (Wildman–Crippen MR) is 97.1 cm³/mol. The molecule has 2 fully saturated rings. The molecule has 0 bridgehead atoms.